The summed E-state index contributed by atoms with van der Waals surface area (Å²) in [5.41, 5.74) is 0.543. The van der Waals surface area contributed by atoms with Crippen molar-refractivity contribution < 1.29 is 4.79 Å². The molecule has 0 bridgehead atoms. The molecule has 1 aliphatic heterocycles. The van der Waals surface area contributed by atoms with Crippen molar-refractivity contribution in [2.24, 2.45) is 0 Å². The second-order valence-electron chi connectivity index (χ2n) is 5.45. The van der Waals surface area contributed by atoms with Crippen LogP contribution in [-0.2, 0) is 11.3 Å². The number of aromatic amines is 1. The van der Waals surface area contributed by atoms with Gasteiger partial charge < -0.3 is 14.9 Å². The zero-order chi connectivity index (χ0) is 15.5. The topological polar surface area (TPSA) is 95.9 Å². The van der Waals surface area contributed by atoms with Crippen LogP contribution >= 0.6 is 0 Å². The number of hydrogen-bond donors (Lipinski definition) is 2. The van der Waals surface area contributed by atoms with Crippen LogP contribution in [0.1, 0.15) is 26.2 Å². The van der Waals surface area contributed by atoms with E-state index in [1.807, 2.05) is 0 Å². The van der Waals surface area contributed by atoms with Crippen molar-refractivity contribution in [2.45, 2.75) is 38.9 Å². The summed E-state index contributed by atoms with van der Waals surface area (Å²) in [6.07, 6.45) is 5.52. The van der Waals surface area contributed by atoms with E-state index >= 15 is 0 Å². The van der Waals surface area contributed by atoms with Gasteiger partial charge in [0.1, 0.15) is 0 Å². The number of carbonyl (C=O) groups is 1. The third-order valence-corrected chi connectivity index (χ3v) is 4.08. The maximum atomic E-state index is 12.1. The van der Waals surface area contributed by atoms with Crippen LogP contribution < -0.4 is 10.9 Å². The molecule has 3 heterocycles. The third kappa shape index (κ3) is 2.87. The van der Waals surface area contributed by atoms with Gasteiger partial charge in [-0.1, -0.05) is 6.92 Å². The molecule has 0 aromatic carbocycles. The third-order valence-electron chi connectivity index (χ3n) is 4.08. The first-order valence-electron chi connectivity index (χ1n) is 7.61. The van der Waals surface area contributed by atoms with E-state index in [1.165, 1.54) is 6.33 Å². The molecular formula is C14H20N6O2. The Labute approximate surface area is 127 Å². The van der Waals surface area contributed by atoms with Crippen molar-refractivity contribution in [1.29, 1.82) is 0 Å². The average molecular weight is 304 g/mol. The van der Waals surface area contributed by atoms with Crippen LogP contribution in [-0.4, -0.2) is 49.6 Å². The van der Waals surface area contributed by atoms with Crippen LogP contribution in [0.4, 0.5) is 0 Å². The lowest BCUT2D eigenvalue weighted by atomic mass is 10.3. The average Bonchev–Trinajstić information content (AvgIpc) is 3.12. The molecule has 2 aromatic rings. The predicted molar refractivity (Wildman–Crippen MR) is 81.2 cm³/mol. The first-order valence-corrected chi connectivity index (χ1v) is 7.61. The number of amides is 1. The van der Waals surface area contributed by atoms with Crippen LogP contribution in [0.15, 0.2) is 17.4 Å². The van der Waals surface area contributed by atoms with Crippen LogP contribution in [0, 0.1) is 0 Å². The van der Waals surface area contributed by atoms with Gasteiger partial charge in [0.2, 0.25) is 5.91 Å². The molecule has 0 spiro atoms. The number of nitrogens with one attached hydrogen (secondary N) is 2. The number of likely N-dealkylation sites (tertiary alicyclic amines) is 1. The minimum absolute atomic E-state index is 0.0111. The molecule has 0 radical (unpaired) electrons. The summed E-state index contributed by atoms with van der Waals surface area (Å²) < 4.78 is 1.73. The van der Waals surface area contributed by atoms with E-state index < -0.39 is 0 Å². The molecule has 1 saturated heterocycles. The molecule has 0 saturated carbocycles. The van der Waals surface area contributed by atoms with Gasteiger partial charge in [0.05, 0.1) is 18.8 Å². The molecule has 22 heavy (non-hydrogen) atoms. The monoisotopic (exact) mass is 304 g/mol. The van der Waals surface area contributed by atoms with E-state index in [0.717, 1.165) is 25.9 Å². The molecule has 2 aromatic heterocycles. The number of carbonyl (C=O) groups excluding carboxylic acids is 1. The summed E-state index contributed by atoms with van der Waals surface area (Å²) >= 11 is 0. The molecule has 0 aliphatic carbocycles. The Bertz CT molecular complexity index is 721. The number of H-pyrrole nitrogens is 1. The summed E-state index contributed by atoms with van der Waals surface area (Å²) in [6.45, 7) is 4.55. The van der Waals surface area contributed by atoms with Gasteiger partial charge in [0, 0.05) is 19.5 Å². The number of hydrogen-bond acceptors (Lipinski definition) is 5. The van der Waals surface area contributed by atoms with E-state index in [2.05, 4.69) is 32.1 Å². The molecule has 118 valence electrons. The molecule has 8 heteroatoms. The SMILES string of the molecule is CCN1CCCC1NC(=O)CCn1cnc2c(=O)[nH]cnc21. The van der Waals surface area contributed by atoms with Crippen molar-refractivity contribution in [3.05, 3.63) is 23.0 Å². The smallest absolute Gasteiger partial charge is 0.278 e. The summed E-state index contributed by atoms with van der Waals surface area (Å²) in [5, 5.41) is 3.07. The van der Waals surface area contributed by atoms with Crippen molar-refractivity contribution in [1.82, 2.24) is 29.7 Å². The highest BCUT2D eigenvalue weighted by atomic mass is 16.2. The molecule has 3 rings (SSSR count). The lowest BCUT2D eigenvalue weighted by Crippen LogP contribution is -2.44. The largest absolute Gasteiger partial charge is 0.341 e. The highest BCUT2D eigenvalue weighted by Crippen LogP contribution is 2.14. The lowest BCUT2D eigenvalue weighted by Gasteiger charge is -2.23. The first kappa shape index (κ1) is 14.7. The van der Waals surface area contributed by atoms with Gasteiger partial charge in [-0.3, -0.25) is 14.5 Å². The number of imidazole rings is 1. The van der Waals surface area contributed by atoms with E-state index in [9.17, 15) is 9.59 Å². The zero-order valence-corrected chi connectivity index (χ0v) is 12.6. The van der Waals surface area contributed by atoms with Gasteiger partial charge in [0.15, 0.2) is 11.2 Å². The Morgan fingerprint density at radius 3 is 3.18 bits per heavy atom. The molecule has 1 aliphatic rings. The van der Waals surface area contributed by atoms with E-state index in [-0.39, 0.29) is 17.6 Å². The van der Waals surface area contributed by atoms with E-state index in [4.69, 9.17) is 0 Å². The molecule has 1 atom stereocenters. The summed E-state index contributed by atoms with van der Waals surface area (Å²) in [5.74, 6) is 0.0111. The van der Waals surface area contributed by atoms with Crippen LogP contribution in [0.5, 0.6) is 0 Å². The van der Waals surface area contributed by atoms with Crippen molar-refractivity contribution >= 4 is 17.1 Å². The predicted octanol–water partition coefficient (Wildman–Crippen LogP) is 0.0677. The Hall–Kier alpha value is -2.22. The maximum Gasteiger partial charge on any atom is 0.278 e. The van der Waals surface area contributed by atoms with E-state index in [0.29, 0.717) is 24.1 Å². The van der Waals surface area contributed by atoms with Gasteiger partial charge in [-0.25, -0.2) is 9.97 Å². The Balaban J connectivity index is 1.61. The molecule has 2 N–H and O–H groups in total. The van der Waals surface area contributed by atoms with Gasteiger partial charge in [-0.05, 0) is 19.4 Å². The number of aryl methyl sites for hydroxylation is 1. The first-order chi connectivity index (χ1) is 10.7. The molecular weight excluding hydrogens is 284 g/mol. The fourth-order valence-corrected chi connectivity index (χ4v) is 2.90. The van der Waals surface area contributed by atoms with Gasteiger partial charge in [-0.2, -0.15) is 0 Å². The molecule has 1 amide bonds. The fraction of sp³-hybridized carbons (Fsp3) is 0.571. The minimum atomic E-state index is -0.266. The highest BCUT2D eigenvalue weighted by Gasteiger charge is 2.24. The Morgan fingerprint density at radius 1 is 1.50 bits per heavy atom. The highest BCUT2D eigenvalue weighted by molar-refractivity contribution is 5.76. The van der Waals surface area contributed by atoms with Crippen molar-refractivity contribution in [2.75, 3.05) is 13.1 Å². The Kier molecular flexibility index (Phi) is 4.19. The van der Waals surface area contributed by atoms with Gasteiger partial charge in [0.25, 0.3) is 5.56 Å². The Morgan fingerprint density at radius 2 is 2.36 bits per heavy atom. The molecule has 1 fully saturated rings. The molecule has 8 nitrogen and oxygen atoms in total. The quantitative estimate of drug-likeness (QED) is 0.815. The maximum absolute atomic E-state index is 12.1. The number of fused-ring (bicyclic) bond motifs is 1. The summed E-state index contributed by atoms with van der Waals surface area (Å²) in [4.78, 5) is 36.6. The fourth-order valence-electron chi connectivity index (χ4n) is 2.90. The number of aromatic nitrogens is 4. The zero-order valence-electron chi connectivity index (χ0n) is 12.6. The minimum Gasteiger partial charge on any atom is -0.341 e. The van der Waals surface area contributed by atoms with Crippen LogP contribution in [0.3, 0.4) is 0 Å². The standard InChI is InChI=1S/C14H20N6O2/c1-2-19-6-3-4-10(19)18-11(21)5-7-20-9-17-12-13(20)15-8-16-14(12)22/h8-10H,2-7H2,1H3,(H,18,21)(H,15,16,22). The van der Waals surface area contributed by atoms with Crippen LogP contribution in [0.2, 0.25) is 0 Å². The summed E-state index contributed by atoms with van der Waals surface area (Å²) in [6, 6.07) is 0. The lowest BCUT2D eigenvalue weighted by molar-refractivity contribution is -0.122. The molecule has 1 unspecified atom stereocenters. The van der Waals surface area contributed by atoms with E-state index in [1.54, 1.807) is 10.9 Å². The number of rotatable bonds is 5. The van der Waals surface area contributed by atoms with Gasteiger partial charge in [-0.15, -0.1) is 0 Å². The van der Waals surface area contributed by atoms with Gasteiger partial charge >= 0.3 is 0 Å². The second kappa shape index (κ2) is 6.27. The van der Waals surface area contributed by atoms with Crippen molar-refractivity contribution in [3.8, 4) is 0 Å². The van der Waals surface area contributed by atoms with Crippen molar-refractivity contribution in [3.63, 3.8) is 0 Å². The van der Waals surface area contributed by atoms with Crippen LogP contribution in [0.25, 0.3) is 11.2 Å². The normalized spacial score (nSPS) is 18.9. The summed E-state index contributed by atoms with van der Waals surface area (Å²) in [7, 11) is 0. The number of nitrogens with zero attached hydrogens (tertiary/aromatic N) is 4. The second-order valence-corrected chi connectivity index (χ2v) is 5.45.